The van der Waals surface area contributed by atoms with Gasteiger partial charge in [-0.2, -0.15) is 0 Å². The van der Waals surface area contributed by atoms with Gasteiger partial charge in [0, 0.05) is 63.0 Å². The molecule has 1 fully saturated rings. The predicted molar refractivity (Wildman–Crippen MR) is 164 cm³/mol. The maximum Gasteiger partial charge on any atom is 0.408 e. The monoisotopic (exact) mass is 587 g/mol. The Kier molecular flexibility index (Phi) is 9.91. The number of hydrogen-bond donors (Lipinski definition) is 3. The van der Waals surface area contributed by atoms with Crippen LogP contribution in [-0.4, -0.2) is 76.4 Å². The summed E-state index contributed by atoms with van der Waals surface area (Å²) < 4.78 is 5.14. The summed E-state index contributed by atoms with van der Waals surface area (Å²) in [6, 6.07) is 9.69. The van der Waals surface area contributed by atoms with Crippen LogP contribution in [0.15, 0.2) is 55.0 Å². The number of pyridine rings is 1. The normalized spacial score (nSPS) is 13.6. The number of ether oxygens (including phenoxy) is 1. The first-order valence-corrected chi connectivity index (χ1v) is 14.0. The summed E-state index contributed by atoms with van der Waals surface area (Å²) in [5.41, 5.74) is 3.80. The number of anilines is 2. The number of aromatic nitrogens is 3. The molecule has 0 bridgehead atoms. The predicted octanol–water partition coefficient (Wildman–Crippen LogP) is 3.41. The topological polar surface area (TPSA) is 150 Å². The SMILES string of the molecule is Cc1cc(/C=C/C(=O)O)cnc1N1CCN(c2ncc(-c3cccc(CNC(=O)CNC(=O)OC(C)(C)C)c3)cn2)CC1. The number of hydrogen-bond acceptors (Lipinski definition) is 9. The lowest BCUT2D eigenvalue weighted by Crippen LogP contribution is -2.47. The van der Waals surface area contributed by atoms with Crippen molar-refractivity contribution in [3.63, 3.8) is 0 Å². The summed E-state index contributed by atoms with van der Waals surface area (Å²) in [7, 11) is 0. The van der Waals surface area contributed by atoms with Crippen molar-refractivity contribution in [3.8, 4) is 11.1 Å². The standard InChI is InChI=1S/C31H37N7O5/c1-21-14-23(8-9-27(40)41)17-33-28(21)37-10-12-38(13-11-37)29-34-18-25(19-35-29)24-7-5-6-22(15-24)16-32-26(39)20-36-30(42)43-31(2,3)4/h5-9,14-15,17-19H,10-13,16,20H2,1-4H3,(H,32,39)(H,36,42)(H,40,41)/b9-8+. The van der Waals surface area contributed by atoms with Gasteiger partial charge in [0.2, 0.25) is 11.9 Å². The van der Waals surface area contributed by atoms with E-state index in [1.165, 1.54) is 6.08 Å². The van der Waals surface area contributed by atoms with Crippen LogP contribution in [0.1, 0.15) is 37.5 Å². The molecule has 0 saturated carbocycles. The second-order valence-corrected chi connectivity index (χ2v) is 11.2. The maximum absolute atomic E-state index is 12.2. The molecule has 3 aromatic rings. The number of nitrogens with zero attached hydrogens (tertiary/aromatic N) is 5. The fraction of sp³-hybridized carbons (Fsp3) is 0.355. The van der Waals surface area contributed by atoms with Crippen molar-refractivity contribution in [2.75, 3.05) is 42.5 Å². The summed E-state index contributed by atoms with van der Waals surface area (Å²) in [4.78, 5) is 52.8. The third kappa shape index (κ3) is 9.25. The molecule has 1 saturated heterocycles. The molecule has 43 heavy (non-hydrogen) atoms. The van der Waals surface area contributed by atoms with Crippen LogP contribution in [0, 0.1) is 6.92 Å². The Labute approximate surface area is 250 Å². The van der Waals surface area contributed by atoms with Crippen LogP contribution in [0.4, 0.5) is 16.6 Å². The number of carboxylic acids is 1. The van der Waals surface area contributed by atoms with E-state index in [2.05, 4.69) is 35.4 Å². The van der Waals surface area contributed by atoms with Crippen LogP contribution in [-0.2, 0) is 20.9 Å². The Morgan fingerprint density at radius 1 is 0.953 bits per heavy atom. The fourth-order valence-corrected chi connectivity index (χ4v) is 4.52. The Morgan fingerprint density at radius 2 is 1.65 bits per heavy atom. The van der Waals surface area contributed by atoms with E-state index >= 15 is 0 Å². The molecule has 0 unspecified atom stereocenters. The molecule has 3 N–H and O–H groups in total. The Bertz CT molecular complexity index is 1480. The van der Waals surface area contributed by atoms with Crippen molar-refractivity contribution < 1.29 is 24.2 Å². The molecule has 0 spiro atoms. The lowest BCUT2D eigenvalue weighted by Gasteiger charge is -2.36. The zero-order valence-electron chi connectivity index (χ0n) is 24.8. The van der Waals surface area contributed by atoms with Crippen LogP contribution < -0.4 is 20.4 Å². The van der Waals surface area contributed by atoms with Gasteiger partial charge in [-0.3, -0.25) is 4.79 Å². The van der Waals surface area contributed by atoms with Crippen LogP contribution >= 0.6 is 0 Å². The summed E-state index contributed by atoms with van der Waals surface area (Å²) in [5.74, 6) is 0.233. The molecule has 3 heterocycles. The van der Waals surface area contributed by atoms with E-state index in [0.717, 1.165) is 65.9 Å². The number of carbonyl (C=O) groups is 3. The van der Waals surface area contributed by atoms with Crippen LogP contribution in [0.5, 0.6) is 0 Å². The van der Waals surface area contributed by atoms with Crippen LogP contribution in [0.2, 0.25) is 0 Å². The van der Waals surface area contributed by atoms with Crippen molar-refractivity contribution in [2.24, 2.45) is 0 Å². The molecule has 12 nitrogen and oxygen atoms in total. The molecule has 2 amide bonds. The van der Waals surface area contributed by atoms with E-state index in [9.17, 15) is 14.4 Å². The van der Waals surface area contributed by atoms with Gasteiger partial charge < -0.3 is 30.3 Å². The number of aryl methyl sites for hydroxylation is 1. The smallest absolute Gasteiger partial charge is 0.408 e. The van der Waals surface area contributed by atoms with E-state index in [1.54, 1.807) is 39.4 Å². The first kappa shape index (κ1) is 30.9. The zero-order chi connectivity index (χ0) is 31.0. The summed E-state index contributed by atoms with van der Waals surface area (Å²) >= 11 is 0. The van der Waals surface area contributed by atoms with Crippen molar-refractivity contribution >= 4 is 35.8 Å². The maximum atomic E-state index is 12.2. The highest BCUT2D eigenvalue weighted by Gasteiger charge is 2.21. The Balaban J connectivity index is 1.28. The highest BCUT2D eigenvalue weighted by molar-refractivity contribution is 5.85. The lowest BCUT2D eigenvalue weighted by atomic mass is 10.1. The minimum Gasteiger partial charge on any atom is -0.478 e. The van der Waals surface area contributed by atoms with E-state index < -0.39 is 17.7 Å². The molecule has 0 radical (unpaired) electrons. The third-order valence-corrected chi connectivity index (χ3v) is 6.53. The number of aliphatic carboxylic acids is 1. The van der Waals surface area contributed by atoms with Crippen molar-refractivity contribution in [1.82, 2.24) is 25.6 Å². The molecule has 4 rings (SSSR count). The number of benzene rings is 1. The average molecular weight is 588 g/mol. The molecule has 0 aliphatic carbocycles. The minimum atomic E-state index is -0.991. The zero-order valence-corrected chi connectivity index (χ0v) is 24.8. The van der Waals surface area contributed by atoms with Crippen molar-refractivity contribution in [3.05, 3.63) is 71.7 Å². The van der Waals surface area contributed by atoms with Gasteiger partial charge in [-0.25, -0.2) is 24.5 Å². The molecule has 0 atom stereocenters. The molecule has 226 valence electrons. The Morgan fingerprint density at radius 3 is 2.30 bits per heavy atom. The van der Waals surface area contributed by atoms with Gasteiger partial charge in [-0.1, -0.05) is 18.2 Å². The lowest BCUT2D eigenvalue weighted by molar-refractivity contribution is -0.131. The number of piperazine rings is 1. The summed E-state index contributed by atoms with van der Waals surface area (Å²) in [6.07, 6.45) is 7.28. The number of amides is 2. The number of carbonyl (C=O) groups excluding carboxylic acids is 2. The molecule has 2 aromatic heterocycles. The van der Waals surface area contributed by atoms with Crippen molar-refractivity contribution in [1.29, 1.82) is 0 Å². The summed E-state index contributed by atoms with van der Waals surface area (Å²) in [6.45, 7) is 10.4. The number of carboxylic acid groups (broad SMARTS) is 1. The van der Waals surface area contributed by atoms with Gasteiger partial charge in [0.15, 0.2) is 0 Å². The van der Waals surface area contributed by atoms with E-state index in [0.29, 0.717) is 12.5 Å². The summed E-state index contributed by atoms with van der Waals surface area (Å²) in [5, 5.41) is 14.1. The van der Waals surface area contributed by atoms with Gasteiger partial charge in [0.1, 0.15) is 18.0 Å². The van der Waals surface area contributed by atoms with Gasteiger partial charge in [-0.15, -0.1) is 0 Å². The highest BCUT2D eigenvalue weighted by Crippen LogP contribution is 2.23. The van der Waals surface area contributed by atoms with Crippen molar-refractivity contribution in [2.45, 2.75) is 39.8 Å². The second kappa shape index (κ2) is 13.8. The Hall–Kier alpha value is -5.00. The number of rotatable bonds is 9. The number of nitrogens with one attached hydrogen (secondary N) is 2. The van der Waals surface area contributed by atoms with Crippen LogP contribution in [0.25, 0.3) is 17.2 Å². The van der Waals surface area contributed by atoms with E-state index in [-0.39, 0.29) is 12.5 Å². The van der Waals surface area contributed by atoms with Crippen LogP contribution in [0.3, 0.4) is 0 Å². The quantitative estimate of drug-likeness (QED) is 0.318. The number of alkyl carbamates (subject to hydrolysis) is 1. The van der Waals surface area contributed by atoms with Gasteiger partial charge in [0.05, 0.1) is 0 Å². The van der Waals surface area contributed by atoms with Gasteiger partial charge in [-0.05, 0) is 68.2 Å². The molecular formula is C31H37N7O5. The first-order chi connectivity index (χ1) is 20.5. The van der Waals surface area contributed by atoms with Gasteiger partial charge in [0.25, 0.3) is 0 Å². The fourth-order valence-electron chi connectivity index (χ4n) is 4.52. The molecule has 1 aliphatic rings. The molecule has 12 heteroatoms. The minimum absolute atomic E-state index is 0.174. The van der Waals surface area contributed by atoms with Gasteiger partial charge >= 0.3 is 12.1 Å². The molecule has 1 aliphatic heterocycles. The largest absolute Gasteiger partial charge is 0.478 e. The first-order valence-electron chi connectivity index (χ1n) is 14.0. The second-order valence-electron chi connectivity index (χ2n) is 11.2. The highest BCUT2D eigenvalue weighted by atomic mass is 16.6. The molecular weight excluding hydrogens is 550 g/mol. The van der Waals surface area contributed by atoms with E-state index in [1.807, 2.05) is 37.3 Å². The average Bonchev–Trinajstić information content (AvgIpc) is 2.97. The molecule has 1 aromatic carbocycles. The van der Waals surface area contributed by atoms with E-state index in [4.69, 9.17) is 9.84 Å². The third-order valence-electron chi connectivity index (χ3n) is 6.53.